The zero-order valence-electron chi connectivity index (χ0n) is 10.2. The number of hydrogen-bond acceptors (Lipinski definition) is 5. The Balaban J connectivity index is 2.26. The molecular formula is C15H8N2OS2. The van der Waals surface area contributed by atoms with Crippen LogP contribution in [-0.2, 0) is 0 Å². The SMILES string of the molecule is O=C(c1ccc(N=C=S)cc1)c1ccc(N=C=S)cc1. The largest absolute Gasteiger partial charge is 0.289 e. The van der Waals surface area contributed by atoms with Crippen molar-refractivity contribution in [2.75, 3.05) is 0 Å². The molecular weight excluding hydrogens is 288 g/mol. The Hall–Kier alpha value is -2.29. The van der Waals surface area contributed by atoms with Gasteiger partial charge in [-0.1, -0.05) is 0 Å². The minimum atomic E-state index is -0.0687. The number of isothiocyanates is 2. The van der Waals surface area contributed by atoms with Gasteiger partial charge in [0.15, 0.2) is 5.78 Å². The molecule has 0 amide bonds. The lowest BCUT2D eigenvalue weighted by Crippen LogP contribution is -2.00. The molecule has 0 bridgehead atoms. The smallest absolute Gasteiger partial charge is 0.193 e. The highest BCUT2D eigenvalue weighted by molar-refractivity contribution is 7.78. The number of thiocarbonyl (C=S) groups is 2. The molecule has 0 heterocycles. The van der Waals surface area contributed by atoms with Crippen molar-refractivity contribution in [3.05, 3.63) is 59.7 Å². The van der Waals surface area contributed by atoms with Crippen LogP contribution in [-0.4, -0.2) is 16.1 Å². The monoisotopic (exact) mass is 296 g/mol. The van der Waals surface area contributed by atoms with Gasteiger partial charge in [0.25, 0.3) is 0 Å². The summed E-state index contributed by atoms with van der Waals surface area (Å²) in [5, 5.41) is 4.56. The second kappa shape index (κ2) is 6.75. The fourth-order valence-electron chi connectivity index (χ4n) is 1.65. The zero-order valence-corrected chi connectivity index (χ0v) is 11.9. The number of carbonyl (C=O) groups is 1. The number of ketones is 1. The van der Waals surface area contributed by atoms with Gasteiger partial charge in [-0.05, 0) is 73.0 Å². The predicted octanol–water partition coefficient (Wildman–Crippen LogP) is 4.39. The first-order valence-electron chi connectivity index (χ1n) is 5.65. The standard InChI is InChI=1S/C15H8N2OS2/c18-15(11-1-5-13(6-2-11)16-9-19)12-3-7-14(8-4-12)17-10-20/h1-8H. The van der Waals surface area contributed by atoms with Gasteiger partial charge < -0.3 is 0 Å². The lowest BCUT2D eigenvalue weighted by atomic mass is 10.0. The molecule has 0 radical (unpaired) electrons. The Labute approximate surface area is 126 Å². The van der Waals surface area contributed by atoms with Crippen molar-refractivity contribution in [1.82, 2.24) is 0 Å². The normalized spacial score (nSPS) is 9.20. The summed E-state index contributed by atoms with van der Waals surface area (Å²) in [5.41, 5.74) is 2.50. The van der Waals surface area contributed by atoms with Crippen LogP contribution < -0.4 is 0 Å². The Morgan fingerprint density at radius 1 is 0.750 bits per heavy atom. The number of benzene rings is 2. The minimum Gasteiger partial charge on any atom is -0.289 e. The molecule has 0 fully saturated rings. The van der Waals surface area contributed by atoms with E-state index in [0.717, 1.165) is 0 Å². The molecule has 0 saturated heterocycles. The van der Waals surface area contributed by atoms with E-state index in [2.05, 4.69) is 44.7 Å². The second-order valence-corrected chi connectivity index (χ2v) is 4.19. The molecule has 2 rings (SSSR count). The molecule has 0 aliphatic carbocycles. The van der Waals surface area contributed by atoms with Crippen molar-refractivity contribution in [2.45, 2.75) is 0 Å². The summed E-state index contributed by atoms with van der Waals surface area (Å²) in [6, 6.07) is 13.7. The Morgan fingerprint density at radius 2 is 1.10 bits per heavy atom. The van der Waals surface area contributed by atoms with Gasteiger partial charge in [-0.15, -0.1) is 0 Å². The van der Waals surface area contributed by atoms with E-state index in [0.29, 0.717) is 22.5 Å². The van der Waals surface area contributed by atoms with Gasteiger partial charge in [-0.25, -0.2) is 0 Å². The summed E-state index contributed by atoms with van der Waals surface area (Å²) in [4.78, 5) is 19.9. The van der Waals surface area contributed by atoms with Crippen LogP contribution in [0.2, 0.25) is 0 Å². The topological polar surface area (TPSA) is 41.8 Å². The van der Waals surface area contributed by atoms with E-state index in [9.17, 15) is 4.79 Å². The first-order chi connectivity index (χ1) is 9.74. The van der Waals surface area contributed by atoms with E-state index in [1.54, 1.807) is 48.5 Å². The number of nitrogens with zero attached hydrogens (tertiary/aromatic N) is 2. The fourth-order valence-corrected chi connectivity index (χ4v) is 1.86. The summed E-state index contributed by atoms with van der Waals surface area (Å²) >= 11 is 9.05. The fraction of sp³-hybridized carbons (Fsp3) is 0. The highest BCUT2D eigenvalue weighted by atomic mass is 32.1. The molecule has 5 heteroatoms. The molecule has 96 valence electrons. The quantitative estimate of drug-likeness (QED) is 0.477. The molecule has 0 atom stereocenters. The highest BCUT2D eigenvalue weighted by Crippen LogP contribution is 2.18. The first kappa shape index (κ1) is 14.1. The van der Waals surface area contributed by atoms with Crippen molar-refractivity contribution in [1.29, 1.82) is 0 Å². The molecule has 20 heavy (non-hydrogen) atoms. The molecule has 0 saturated carbocycles. The van der Waals surface area contributed by atoms with Crippen LogP contribution in [0, 0.1) is 0 Å². The lowest BCUT2D eigenvalue weighted by Gasteiger charge is -2.01. The molecule has 2 aromatic carbocycles. The van der Waals surface area contributed by atoms with Gasteiger partial charge in [0.1, 0.15) is 0 Å². The van der Waals surface area contributed by atoms with E-state index in [-0.39, 0.29) is 5.78 Å². The zero-order chi connectivity index (χ0) is 14.4. The van der Waals surface area contributed by atoms with Crippen LogP contribution in [0.5, 0.6) is 0 Å². The summed E-state index contributed by atoms with van der Waals surface area (Å²) in [6.07, 6.45) is 0. The maximum Gasteiger partial charge on any atom is 0.193 e. The maximum atomic E-state index is 12.3. The van der Waals surface area contributed by atoms with Crippen molar-refractivity contribution < 1.29 is 4.79 Å². The van der Waals surface area contributed by atoms with Crippen LogP contribution in [0.3, 0.4) is 0 Å². The molecule has 0 unspecified atom stereocenters. The van der Waals surface area contributed by atoms with Gasteiger partial charge in [0.2, 0.25) is 0 Å². The van der Waals surface area contributed by atoms with Crippen molar-refractivity contribution in [3.63, 3.8) is 0 Å². The van der Waals surface area contributed by atoms with Gasteiger partial charge in [-0.2, -0.15) is 9.98 Å². The van der Waals surface area contributed by atoms with Crippen LogP contribution >= 0.6 is 24.4 Å². The molecule has 2 aromatic rings. The van der Waals surface area contributed by atoms with E-state index >= 15 is 0 Å². The molecule has 3 nitrogen and oxygen atoms in total. The number of carbonyl (C=O) groups excluding carboxylic acids is 1. The third-order valence-corrected chi connectivity index (χ3v) is 2.79. The van der Waals surface area contributed by atoms with Crippen LogP contribution in [0.4, 0.5) is 11.4 Å². The van der Waals surface area contributed by atoms with Gasteiger partial charge in [0.05, 0.1) is 21.7 Å². The molecule has 0 aromatic heterocycles. The third-order valence-electron chi connectivity index (χ3n) is 2.61. The summed E-state index contributed by atoms with van der Waals surface area (Å²) in [5.74, 6) is -0.0687. The Kier molecular flexibility index (Phi) is 4.77. The Bertz CT molecular complexity index is 660. The average molecular weight is 296 g/mol. The van der Waals surface area contributed by atoms with Crippen molar-refractivity contribution in [3.8, 4) is 0 Å². The van der Waals surface area contributed by atoms with Crippen molar-refractivity contribution >= 4 is 51.9 Å². The molecule has 0 aliphatic heterocycles. The highest BCUT2D eigenvalue weighted by Gasteiger charge is 2.08. The molecule has 0 spiro atoms. The van der Waals surface area contributed by atoms with E-state index in [4.69, 9.17) is 0 Å². The molecule has 0 N–H and O–H groups in total. The Morgan fingerprint density at radius 3 is 1.40 bits per heavy atom. The maximum absolute atomic E-state index is 12.3. The minimum absolute atomic E-state index is 0.0687. The number of rotatable bonds is 4. The second-order valence-electron chi connectivity index (χ2n) is 3.83. The first-order valence-corrected chi connectivity index (χ1v) is 6.47. The summed E-state index contributed by atoms with van der Waals surface area (Å²) in [7, 11) is 0. The number of aliphatic imine (C=N–C) groups is 2. The third kappa shape index (κ3) is 3.38. The summed E-state index contributed by atoms with van der Waals surface area (Å²) in [6.45, 7) is 0. The van der Waals surface area contributed by atoms with Crippen LogP contribution in [0.25, 0.3) is 0 Å². The van der Waals surface area contributed by atoms with Crippen LogP contribution in [0.1, 0.15) is 15.9 Å². The van der Waals surface area contributed by atoms with E-state index < -0.39 is 0 Å². The van der Waals surface area contributed by atoms with Gasteiger partial charge in [0, 0.05) is 11.1 Å². The van der Waals surface area contributed by atoms with Gasteiger partial charge >= 0.3 is 0 Å². The summed E-state index contributed by atoms with van der Waals surface area (Å²) < 4.78 is 0. The predicted molar refractivity (Wildman–Crippen MR) is 85.7 cm³/mol. The molecule has 0 aliphatic rings. The lowest BCUT2D eigenvalue weighted by molar-refractivity contribution is 0.103. The van der Waals surface area contributed by atoms with E-state index in [1.807, 2.05) is 0 Å². The van der Waals surface area contributed by atoms with Crippen molar-refractivity contribution in [2.24, 2.45) is 9.98 Å². The van der Waals surface area contributed by atoms with E-state index in [1.165, 1.54) is 0 Å². The average Bonchev–Trinajstić information content (AvgIpc) is 2.49. The number of hydrogen-bond donors (Lipinski definition) is 0. The van der Waals surface area contributed by atoms with Crippen LogP contribution in [0.15, 0.2) is 58.5 Å². The van der Waals surface area contributed by atoms with Gasteiger partial charge in [-0.3, -0.25) is 4.79 Å².